The molecule has 0 saturated heterocycles. The van der Waals surface area contributed by atoms with Crippen molar-refractivity contribution < 1.29 is 23.1 Å². The number of nitrogens with two attached hydrogens (primary N) is 1. The molecule has 1 saturated carbocycles. The lowest BCUT2D eigenvalue weighted by molar-refractivity contribution is -0.138. The fourth-order valence-corrected chi connectivity index (χ4v) is 6.79. The average molecular weight is 682 g/mol. The minimum Gasteiger partial charge on any atom is -0.480 e. The van der Waals surface area contributed by atoms with Crippen LogP contribution in [0.5, 0.6) is 0 Å². The summed E-state index contributed by atoms with van der Waals surface area (Å²) in [6, 6.07) is 9.30. The van der Waals surface area contributed by atoms with Crippen molar-refractivity contribution in [2.45, 2.75) is 49.5 Å². The Bertz CT molecular complexity index is 1630. The highest BCUT2D eigenvalue weighted by molar-refractivity contribution is 7.89. The number of guanidine groups is 1. The Kier molecular flexibility index (Phi) is 11.4. The molecule has 1 amide bonds. The predicted octanol–water partition coefficient (Wildman–Crippen LogP) is 5.58. The number of carbonyl (C=O) groups excluding carboxylic acids is 1. The van der Waals surface area contributed by atoms with Crippen molar-refractivity contribution in [1.82, 2.24) is 9.71 Å². The van der Waals surface area contributed by atoms with Crippen LogP contribution in [-0.2, 0) is 21.2 Å². The van der Waals surface area contributed by atoms with E-state index in [2.05, 4.69) is 25.3 Å². The SMILES string of the molecule is NC(=N[C@@H](Cc1ccc(NC(=O)c2c(Cl)cncc2Cl)cc1)C(=O)O)Nc1cc(Cl)ccc1S(=O)(=O)NCC1CCCCC1. The number of benzene rings is 2. The van der Waals surface area contributed by atoms with Gasteiger partial charge in [-0.2, -0.15) is 0 Å². The number of rotatable bonds is 11. The van der Waals surface area contributed by atoms with Crippen molar-refractivity contribution in [3.8, 4) is 0 Å². The van der Waals surface area contributed by atoms with Gasteiger partial charge in [0.05, 0.1) is 21.3 Å². The summed E-state index contributed by atoms with van der Waals surface area (Å²) in [6.45, 7) is 0.322. The molecule has 1 heterocycles. The van der Waals surface area contributed by atoms with Gasteiger partial charge in [-0.05, 0) is 54.7 Å². The van der Waals surface area contributed by atoms with Crippen molar-refractivity contribution in [2.24, 2.45) is 16.6 Å². The highest BCUT2D eigenvalue weighted by atomic mass is 35.5. The third-order valence-electron chi connectivity index (χ3n) is 7.08. The number of halogens is 3. The van der Waals surface area contributed by atoms with Crippen LogP contribution in [0.1, 0.15) is 48.0 Å². The van der Waals surface area contributed by atoms with Gasteiger partial charge in [-0.25, -0.2) is 22.9 Å². The Morgan fingerprint density at radius 1 is 1.00 bits per heavy atom. The number of aliphatic imine (C=N–C) groups is 1. The predicted molar refractivity (Wildman–Crippen MR) is 172 cm³/mol. The van der Waals surface area contributed by atoms with Gasteiger partial charge in [-0.15, -0.1) is 0 Å². The van der Waals surface area contributed by atoms with Crippen molar-refractivity contribution in [1.29, 1.82) is 0 Å². The standard InChI is InChI=1S/C29H31Cl3N6O5S/c30-19-8-11-25(44(42,43)35-14-18-4-2-1-3-5-18)23(13-19)37-29(33)38-24(28(40)41)12-17-6-9-20(10-7-17)36-27(39)26-21(31)15-34-16-22(26)32/h6-11,13,15-16,18,24,35H,1-5,12,14H2,(H,36,39)(H,40,41)(H3,33,37,38)/t24-/m0/s1. The Morgan fingerprint density at radius 2 is 1.66 bits per heavy atom. The van der Waals surface area contributed by atoms with E-state index < -0.39 is 27.9 Å². The first-order chi connectivity index (χ1) is 20.9. The molecule has 0 radical (unpaired) electrons. The lowest BCUT2D eigenvalue weighted by Gasteiger charge is -2.22. The molecule has 44 heavy (non-hydrogen) atoms. The molecule has 1 aliphatic rings. The number of carboxylic acid groups (broad SMARTS) is 1. The van der Waals surface area contributed by atoms with Gasteiger partial charge in [-0.3, -0.25) is 9.78 Å². The quantitative estimate of drug-likeness (QED) is 0.129. The molecule has 3 aromatic rings. The first kappa shape index (κ1) is 33.5. The molecule has 15 heteroatoms. The molecule has 6 N–H and O–H groups in total. The van der Waals surface area contributed by atoms with Crippen molar-refractivity contribution in [3.05, 3.63) is 81.1 Å². The van der Waals surface area contributed by atoms with Gasteiger partial charge in [0.1, 0.15) is 4.90 Å². The molecule has 234 valence electrons. The van der Waals surface area contributed by atoms with Crippen LogP contribution < -0.4 is 21.1 Å². The molecule has 0 unspecified atom stereocenters. The molecule has 1 fully saturated rings. The van der Waals surface area contributed by atoms with Crippen molar-refractivity contribution in [3.63, 3.8) is 0 Å². The van der Waals surface area contributed by atoms with E-state index in [0.717, 1.165) is 32.1 Å². The molecule has 2 aromatic carbocycles. The summed E-state index contributed by atoms with van der Waals surface area (Å²) in [5.41, 5.74) is 7.20. The zero-order valence-electron chi connectivity index (χ0n) is 23.4. The summed E-state index contributed by atoms with van der Waals surface area (Å²) >= 11 is 18.2. The molecule has 0 aliphatic heterocycles. The van der Waals surface area contributed by atoms with Crippen LogP contribution in [0.4, 0.5) is 11.4 Å². The number of aromatic nitrogens is 1. The van der Waals surface area contributed by atoms with Gasteiger partial charge in [-0.1, -0.05) is 66.2 Å². The summed E-state index contributed by atoms with van der Waals surface area (Å²) in [4.78, 5) is 32.5. The number of sulfonamides is 1. The molecule has 1 atom stereocenters. The van der Waals surface area contributed by atoms with Gasteiger partial charge in [0.15, 0.2) is 12.0 Å². The van der Waals surface area contributed by atoms with Crippen molar-refractivity contribution in [2.75, 3.05) is 17.2 Å². The van der Waals surface area contributed by atoms with Crippen LogP contribution in [0.2, 0.25) is 15.1 Å². The lowest BCUT2D eigenvalue weighted by Crippen LogP contribution is -2.32. The zero-order valence-corrected chi connectivity index (χ0v) is 26.5. The van der Waals surface area contributed by atoms with Gasteiger partial charge in [0.25, 0.3) is 5.91 Å². The maximum absolute atomic E-state index is 13.2. The van der Waals surface area contributed by atoms with Crippen LogP contribution in [0.25, 0.3) is 0 Å². The maximum Gasteiger partial charge on any atom is 0.328 e. The number of hydrogen-bond donors (Lipinski definition) is 5. The fraction of sp³-hybridized carbons (Fsp3) is 0.310. The summed E-state index contributed by atoms with van der Waals surface area (Å²) in [7, 11) is -3.93. The monoisotopic (exact) mass is 680 g/mol. The first-order valence-electron chi connectivity index (χ1n) is 13.7. The minimum atomic E-state index is -3.93. The summed E-state index contributed by atoms with van der Waals surface area (Å²) in [6.07, 6.45) is 7.82. The molecule has 11 nitrogen and oxygen atoms in total. The van der Waals surface area contributed by atoms with Crippen LogP contribution in [0.15, 0.2) is 64.7 Å². The summed E-state index contributed by atoms with van der Waals surface area (Å²) in [5, 5.41) is 15.6. The molecular weight excluding hydrogens is 651 g/mol. The molecule has 1 aliphatic carbocycles. The van der Waals surface area contributed by atoms with Crippen LogP contribution in [0.3, 0.4) is 0 Å². The van der Waals surface area contributed by atoms with Crippen LogP contribution in [-0.4, -0.2) is 48.9 Å². The topological polar surface area (TPSA) is 176 Å². The van der Waals surface area contributed by atoms with E-state index in [-0.39, 0.29) is 49.5 Å². The number of anilines is 2. The molecule has 0 bridgehead atoms. The highest BCUT2D eigenvalue weighted by Crippen LogP contribution is 2.28. The van der Waals surface area contributed by atoms with E-state index in [9.17, 15) is 23.1 Å². The van der Waals surface area contributed by atoms with E-state index in [1.54, 1.807) is 24.3 Å². The van der Waals surface area contributed by atoms with Crippen LogP contribution >= 0.6 is 34.8 Å². The summed E-state index contributed by atoms with van der Waals surface area (Å²) in [5.74, 6) is -1.82. The van der Waals surface area contributed by atoms with Gasteiger partial charge in [0.2, 0.25) is 10.0 Å². The van der Waals surface area contributed by atoms with E-state index in [1.807, 2.05) is 0 Å². The van der Waals surface area contributed by atoms with Crippen LogP contribution in [0, 0.1) is 5.92 Å². The Morgan fingerprint density at radius 3 is 2.30 bits per heavy atom. The fourth-order valence-electron chi connectivity index (χ4n) is 4.83. The van der Waals surface area contributed by atoms with E-state index in [4.69, 9.17) is 40.5 Å². The second-order valence-electron chi connectivity index (χ2n) is 10.3. The smallest absolute Gasteiger partial charge is 0.328 e. The highest BCUT2D eigenvalue weighted by Gasteiger charge is 2.23. The second-order valence-corrected chi connectivity index (χ2v) is 13.3. The third kappa shape index (κ3) is 9.05. The minimum absolute atomic E-state index is 0.0441. The van der Waals surface area contributed by atoms with Gasteiger partial charge in [0, 0.05) is 36.1 Å². The molecular formula is C29H31Cl3N6O5S. The van der Waals surface area contributed by atoms with E-state index in [0.29, 0.717) is 17.8 Å². The molecule has 0 spiro atoms. The molecule has 1 aromatic heterocycles. The van der Waals surface area contributed by atoms with Gasteiger partial charge < -0.3 is 21.5 Å². The zero-order chi connectivity index (χ0) is 31.9. The number of nitrogens with one attached hydrogen (secondary N) is 3. The lowest BCUT2D eigenvalue weighted by atomic mass is 9.90. The van der Waals surface area contributed by atoms with Crippen molar-refractivity contribution >= 4 is 74.0 Å². The number of amides is 1. The number of pyridine rings is 1. The number of nitrogens with zero attached hydrogens (tertiary/aromatic N) is 2. The number of hydrogen-bond acceptors (Lipinski definition) is 6. The normalized spacial score (nSPS) is 15.0. The number of carbonyl (C=O) groups is 2. The third-order valence-corrected chi connectivity index (χ3v) is 9.37. The van der Waals surface area contributed by atoms with E-state index in [1.165, 1.54) is 30.6 Å². The summed E-state index contributed by atoms with van der Waals surface area (Å²) < 4.78 is 29.0. The van der Waals surface area contributed by atoms with Gasteiger partial charge >= 0.3 is 5.97 Å². The first-order valence-corrected chi connectivity index (χ1v) is 16.4. The Hall–Kier alpha value is -3.42. The average Bonchev–Trinajstić information content (AvgIpc) is 2.97. The Labute approximate surface area is 270 Å². The molecule has 4 rings (SSSR count). The largest absolute Gasteiger partial charge is 0.480 e. The number of carboxylic acids is 1. The Balaban J connectivity index is 1.44. The maximum atomic E-state index is 13.2. The van der Waals surface area contributed by atoms with E-state index >= 15 is 0 Å². The second kappa shape index (κ2) is 15.0. The number of aliphatic carboxylic acids is 1.